The number of hydrogen-bond donors (Lipinski definition) is 2. The Morgan fingerprint density at radius 3 is 2.47 bits per heavy atom. The molecule has 1 aromatic heterocycles. The van der Waals surface area contributed by atoms with Crippen LogP contribution in [-0.4, -0.2) is 11.2 Å². The highest BCUT2D eigenvalue weighted by Gasteiger charge is 2.34. The van der Waals surface area contributed by atoms with Gasteiger partial charge in [0.1, 0.15) is 5.82 Å². The molecule has 1 aliphatic heterocycles. The number of nitrogens with one attached hydrogen (secondary N) is 2. The van der Waals surface area contributed by atoms with Gasteiger partial charge in [-0.3, -0.25) is 0 Å². The van der Waals surface area contributed by atoms with Gasteiger partial charge < -0.3 is 4.98 Å². The van der Waals surface area contributed by atoms with E-state index in [-0.39, 0.29) is 0 Å². The first-order valence-corrected chi connectivity index (χ1v) is 9.30. The van der Waals surface area contributed by atoms with E-state index in [1.807, 2.05) is 48.5 Å². The van der Waals surface area contributed by atoms with Crippen LogP contribution in [0.25, 0.3) is 22.0 Å². The SMILES string of the molecule is Fc1cc(/C(=C2/C=[NH+]c3ccccc32)c2c[nH]c3ccccc23)ccc1C(F)(F)F. The standard InChI is InChI=1S/C24H14F4N2/c25-20-11-14(9-10-19(20)24(26,27)28)23(17-12-29-21-7-3-1-5-15(17)21)18-13-30-22-8-4-2-6-16(18)22/h1-13,29H/p+1/b23-18+. The third-order valence-electron chi connectivity index (χ3n) is 5.28. The van der Waals surface area contributed by atoms with Crippen molar-refractivity contribution in [3.05, 3.63) is 101 Å². The lowest BCUT2D eigenvalue weighted by Crippen LogP contribution is -2.58. The van der Waals surface area contributed by atoms with Crippen molar-refractivity contribution in [3.8, 4) is 0 Å². The second-order valence-corrected chi connectivity index (χ2v) is 7.06. The van der Waals surface area contributed by atoms with Crippen LogP contribution >= 0.6 is 0 Å². The van der Waals surface area contributed by atoms with Crippen molar-refractivity contribution in [2.75, 3.05) is 0 Å². The maximum Gasteiger partial charge on any atom is 0.419 e. The number of H-pyrrole nitrogens is 1. The highest BCUT2D eigenvalue weighted by atomic mass is 19.4. The largest absolute Gasteiger partial charge is 0.419 e. The minimum Gasteiger partial charge on any atom is -0.361 e. The topological polar surface area (TPSA) is 29.8 Å². The van der Waals surface area contributed by atoms with E-state index in [4.69, 9.17) is 0 Å². The number of fused-ring (bicyclic) bond motifs is 2. The van der Waals surface area contributed by atoms with Crippen LogP contribution < -0.4 is 4.99 Å². The summed E-state index contributed by atoms with van der Waals surface area (Å²) in [7, 11) is 0. The van der Waals surface area contributed by atoms with E-state index < -0.39 is 17.6 Å². The monoisotopic (exact) mass is 407 g/mol. The Hall–Kier alpha value is -3.67. The number of aromatic amines is 1. The lowest BCUT2D eigenvalue weighted by atomic mass is 9.89. The molecule has 6 heteroatoms. The Morgan fingerprint density at radius 1 is 0.900 bits per heavy atom. The van der Waals surface area contributed by atoms with E-state index in [1.165, 1.54) is 6.07 Å². The van der Waals surface area contributed by atoms with Gasteiger partial charge in [-0.05, 0) is 29.8 Å². The predicted molar refractivity (Wildman–Crippen MR) is 109 cm³/mol. The Bertz CT molecular complexity index is 1340. The van der Waals surface area contributed by atoms with Gasteiger partial charge in [0.2, 0.25) is 5.69 Å². The molecular formula is C24H15F4N2+. The van der Waals surface area contributed by atoms with Gasteiger partial charge in [-0.1, -0.05) is 36.4 Å². The lowest BCUT2D eigenvalue weighted by Gasteiger charge is -2.13. The molecule has 5 rings (SSSR count). The predicted octanol–water partition coefficient (Wildman–Crippen LogP) is 5.08. The van der Waals surface area contributed by atoms with E-state index in [0.29, 0.717) is 11.1 Å². The van der Waals surface area contributed by atoms with Crippen molar-refractivity contribution in [3.63, 3.8) is 0 Å². The molecule has 2 N–H and O–H groups in total. The molecule has 0 radical (unpaired) electrons. The second kappa shape index (κ2) is 6.69. The van der Waals surface area contributed by atoms with Crippen LogP contribution in [0.5, 0.6) is 0 Å². The van der Waals surface area contributed by atoms with Crippen molar-refractivity contribution in [2.45, 2.75) is 6.18 Å². The molecule has 0 unspecified atom stereocenters. The molecule has 30 heavy (non-hydrogen) atoms. The van der Waals surface area contributed by atoms with Crippen LogP contribution in [0.2, 0.25) is 0 Å². The molecule has 0 aliphatic carbocycles. The van der Waals surface area contributed by atoms with Crippen molar-refractivity contribution < 1.29 is 22.6 Å². The molecule has 0 atom stereocenters. The number of para-hydroxylation sites is 2. The fourth-order valence-electron chi connectivity index (χ4n) is 3.91. The Labute approximate surface area is 169 Å². The first kappa shape index (κ1) is 18.4. The van der Waals surface area contributed by atoms with Crippen LogP contribution in [0.15, 0.2) is 72.9 Å². The molecule has 1 aliphatic rings. The molecule has 0 fully saturated rings. The molecule has 4 aromatic rings. The fraction of sp³-hybridized carbons (Fsp3) is 0.0417. The summed E-state index contributed by atoms with van der Waals surface area (Å²) < 4.78 is 53.7. The Balaban J connectivity index is 1.81. The minimum absolute atomic E-state index is 0.370. The second-order valence-electron chi connectivity index (χ2n) is 7.06. The minimum atomic E-state index is -4.75. The molecule has 2 nitrogen and oxygen atoms in total. The van der Waals surface area contributed by atoms with Gasteiger partial charge >= 0.3 is 6.18 Å². The summed E-state index contributed by atoms with van der Waals surface area (Å²) in [5.74, 6) is -1.29. The van der Waals surface area contributed by atoms with E-state index >= 15 is 0 Å². The maximum absolute atomic E-state index is 14.5. The number of allylic oxidation sites excluding steroid dienone is 1. The molecular weight excluding hydrogens is 392 g/mol. The molecule has 0 amide bonds. The van der Waals surface area contributed by atoms with Crippen molar-refractivity contribution in [2.24, 2.45) is 0 Å². The van der Waals surface area contributed by atoms with E-state index in [0.717, 1.165) is 45.4 Å². The first-order valence-electron chi connectivity index (χ1n) is 9.30. The summed E-state index contributed by atoms with van der Waals surface area (Å²) >= 11 is 0. The zero-order valence-corrected chi connectivity index (χ0v) is 15.5. The lowest BCUT2D eigenvalue weighted by molar-refractivity contribution is -0.342. The van der Waals surface area contributed by atoms with Crippen LogP contribution in [0, 0.1) is 5.82 Å². The molecule has 148 valence electrons. The van der Waals surface area contributed by atoms with Gasteiger partial charge in [-0.2, -0.15) is 13.2 Å². The first-order chi connectivity index (χ1) is 14.4. The van der Waals surface area contributed by atoms with Crippen molar-refractivity contribution in [1.29, 1.82) is 0 Å². The van der Waals surface area contributed by atoms with E-state index in [2.05, 4.69) is 9.98 Å². The summed E-state index contributed by atoms with van der Waals surface area (Å²) in [4.78, 5) is 6.39. The van der Waals surface area contributed by atoms with Crippen LogP contribution in [0.3, 0.4) is 0 Å². The van der Waals surface area contributed by atoms with Gasteiger partial charge in [-0.15, -0.1) is 0 Å². The van der Waals surface area contributed by atoms with Crippen molar-refractivity contribution in [1.82, 2.24) is 4.98 Å². The van der Waals surface area contributed by atoms with Gasteiger partial charge in [0.05, 0.1) is 16.7 Å². The van der Waals surface area contributed by atoms with E-state index in [1.54, 1.807) is 12.4 Å². The van der Waals surface area contributed by atoms with Crippen LogP contribution in [-0.2, 0) is 6.18 Å². The summed E-state index contributed by atoms with van der Waals surface area (Å²) in [6.07, 6.45) is -1.14. The van der Waals surface area contributed by atoms with Gasteiger partial charge in [0.25, 0.3) is 0 Å². The van der Waals surface area contributed by atoms with Gasteiger partial charge in [0.15, 0.2) is 6.21 Å². The van der Waals surface area contributed by atoms with Gasteiger partial charge in [0, 0.05) is 34.3 Å². The maximum atomic E-state index is 14.5. The Morgan fingerprint density at radius 2 is 1.67 bits per heavy atom. The summed E-state index contributed by atoms with van der Waals surface area (Å²) in [6.45, 7) is 0. The highest BCUT2D eigenvalue weighted by Crippen LogP contribution is 2.39. The molecule has 3 aromatic carbocycles. The smallest absolute Gasteiger partial charge is 0.361 e. The summed E-state index contributed by atoms with van der Waals surface area (Å²) in [6, 6.07) is 18.3. The van der Waals surface area contributed by atoms with Crippen LogP contribution in [0.4, 0.5) is 23.2 Å². The molecule has 0 saturated heterocycles. The third-order valence-corrected chi connectivity index (χ3v) is 5.28. The number of hydrogen-bond acceptors (Lipinski definition) is 0. The highest BCUT2D eigenvalue weighted by molar-refractivity contribution is 6.24. The molecule has 0 spiro atoms. The molecule has 0 bridgehead atoms. The number of aromatic nitrogens is 1. The average molecular weight is 407 g/mol. The average Bonchev–Trinajstić information content (AvgIpc) is 3.33. The quantitative estimate of drug-likeness (QED) is 0.434. The number of benzene rings is 3. The zero-order valence-electron chi connectivity index (χ0n) is 15.5. The van der Waals surface area contributed by atoms with Crippen LogP contribution in [0.1, 0.15) is 22.3 Å². The summed E-state index contributed by atoms with van der Waals surface area (Å²) in [5.41, 5.74) is 3.99. The normalized spacial score (nSPS) is 14.9. The number of halogens is 4. The number of alkyl halides is 3. The molecule has 2 heterocycles. The van der Waals surface area contributed by atoms with Crippen molar-refractivity contribution >= 4 is 34.0 Å². The fourth-order valence-corrected chi connectivity index (χ4v) is 3.91. The molecule has 0 saturated carbocycles. The zero-order chi connectivity index (χ0) is 20.9. The third kappa shape index (κ3) is 2.92. The van der Waals surface area contributed by atoms with E-state index in [9.17, 15) is 17.6 Å². The summed E-state index contributed by atoms with van der Waals surface area (Å²) in [5, 5.41) is 0.901. The Kier molecular flexibility index (Phi) is 4.10. The number of rotatable bonds is 2. The van der Waals surface area contributed by atoms with Gasteiger partial charge in [-0.25, -0.2) is 9.38 Å².